The van der Waals surface area contributed by atoms with Crippen molar-refractivity contribution in [2.45, 2.75) is 19.4 Å². The summed E-state index contributed by atoms with van der Waals surface area (Å²) in [7, 11) is 1.62. The Morgan fingerprint density at radius 3 is 2.48 bits per heavy atom. The molecule has 0 aromatic heterocycles. The van der Waals surface area contributed by atoms with Crippen LogP contribution in [0.5, 0.6) is 5.75 Å². The van der Waals surface area contributed by atoms with Crippen LogP contribution in [0.1, 0.15) is 17.5 Å². The lowest BCUT2D eigenvalue weighted by atomic mass is 10.1. The fourth-order valence-electron chi connectivity index (χ4n) is 3.21. The third-order valence-corrected chi connectivity index (χ3v) is 4.81. The molecule has 1 saturated heterocycles. The number of carbonyl (C=O) groups excluding carboxylic acids is 2. The van der Waals surface area contributed by atoms with Gasteiger partial charge in [0, 0.05) is 31.7 Å². The van der Waals surface area contributed by atoms with E-state index in [-0.39, 0.29) is 24.2 Å². The van der Waals surface area contributed by atoms with Crippen LogP contribution in [0.15, 0.2) is 48.5 Å². The van der Waals surface area contributed by atoms with E-state index >= 15 is 0 Å². The molecule has 1 unspecified atom stereocenters. The Morgan fingerprint density at radius 2 is 1.81 bits per heavy atom. The number of likely N-dealkylation sites (tertiary alicyclic amines) is 1. The fourth-order valence-corrected chi connectivity index (χ4v) is 3.21. The van der Waals surface area contributed by atoms with E-state index in [1.165, 1.54) is 0 Å². The van der Waals surface area contributed by atoms with Gasteiger partial charge >= 0.3 is 0 Å². The average molecular weight is 367 g/mol. The lowest BCUT2D eigenvalue weighted by Gasteiger charge is -2.17. The van der Waals surface area contributed by atoms with E-state index in [1.807, 2.05) is 48.5 Å². The molecule has 1 aliphatic heterocycles. The highest BCUT2D eigenvalue weighted by molar-refractivity contribution is 5.89. The molecule has 1 atom stereocenters. The third kappa shape index (κ3) is 5.00. The number of hydrogen-bond acceptors (Lipinski definition) is 4. The zero-order chi connectivity index (χ0) is 19.2. The lowest BCUT2D eigenvalue weighted by molar-refractivity contribution is -0.129. The molecule has 3 rings (SSSR count). The fraction of sp³-hybridized carbons (Fsp3) is 0.333. The maximum absolute atomic E-state index is 12.4. The highest BCUT2D eigenvalue weighted by Crippen LogP contribution is 2.21. The number of ether oxygens (including phenoxy) is 1. The molecule has 27 heavy (non-hydrogen) atoms. The molecule has 6 heteroatoms. The molecule has 6 nitrogen and oxygen atoms in total. The first kappa shape index (κ1) is 18.8. The molecule has 0 saturated carbocycles. The van der Waals surface area contributed by atoms with Crippen LogP contribution in [0.25, 0.3) is 0 Å². The molecule has 2 aromatic rings. The van der Waals surface area contributed by atoms with E-state index < -0.39 is 0 Å². The Kier molecular flexibility index (Phi) is 5.96. The Labute approximate surface area is 159 Å². The molecule has 1 aliphatic rings. The van der Waals surface area contributed by atoms with Crippen molar-refractivity contribution in [3.8, 4) is 5.75 Å². The summed E-state index contributed by atoms with van der Waals surface area (Å²) in [5, 5.41) is 2.94. The van der Waals surface area contributed by atoms with Crippen LogP contribution in [-0.2, 0) is 22.6 Å². The van der Waals surface area contributed by atoms with Gasteiger partial charge in [-0.15, -0.1) is 0 Å². The summed E-state index contributed by atoms with van der Waals surface area (Å²) >= 11 is 0. The molecule has 1 fully saturated rings. The maximum atomic E-state index is 12.4. The summed E-state index contributed by atoms with van der Waals surface area (Å²) in [5.74, 6) is 0.451. The zero-order valence-corrected chi connectivity index (χ0v) is 15.5. The van der Waals surface area contributed by atoms with E-state index in [2.05, 4.69) is 5.32 Å². The van der Waals surface area contributed by atoms with Crippen molar-refractivity contribution in [3.63, 3.8) is 0 Å². The van der Waals surface area contributed by atoms with Crippen LogP contribution < -0.4 is 15.8 Å². The van der Waals surface area contributed by atoms with Gasteiger partial charge in [0.2, 0.25) is 11.8 Å². The molecule has 1 heterocycles. The minimum atomic E-state index is -0.290. The minimum absolute atomic E-state index is 0.0181. The largest absolute Gasteiger partial charge is 0.497 e. The van der Waals surface area contributed by atoms with E-state index in [9.17, 15) is 9.59 Å². The van der Waals surface area contributed by atoms with Crippen molar-refractivity contribution in [1.29, 1.82) is 0 Å². The van der Waals surface area contributed by atoms with Crippen molar-refractivity contribution in [2.24, 2.45) is 5.92 Å². The summed E-state index contributed by atoms with van der Waals surface area (Å²) in [6.07, 6.45) is 1.01. The summed E-state index contributed by atoms with van der Waals surface area (Å²) in [4.78, 5) is 26.4. The highest BCUT2D eigenvalue weighted by Gasteiger charge is 2.33. The summed E-state index contributed by atoms with van der Waals surface area (Å²) < 4.78 is 5.14. The lowest BCUT2D eigenvalue weighted by Crippen LogP contribution is -2.34. The number of hydrogen-bond donors (Lipinski definition) is 2. The van der Waals surface area contributed by atoms with Gasteiger partial charge in [-0.05, 0) is 41.8 Å². The van der Waals surface area contributed by atoms with Gasteiger partial charge in [-0.1, -0.05) is 24.3 Å². The number of rotatable bonds is 7. The number of nitrogens with two attached hydrogens (primary N) is 1. The van der Waals surface area contributed by atoms with Crippen LogP contribution in [0, 0.1) is 5.92 Å². The Bertz CT molecular complexity index is 787. The molecular formula is C21H25N3O3. The molecule has 0 aliphatic carbocycles. The van der Waals surface area contributed by atoms with Gasteiger partial charge in [0.1, 0.15) is 5.75 Å². The van der Waals surface area contributed by atoms with Gasteiger partial charge in [-0.25, -0.2) is 0 Å². The number of methoxy groups -OCH3 is 1. The van der Waals surface area contributed by atoms with Crippen LogP contribution in [0.3, 0.4) is 0 Å². The van der Waals surface area contributed by atoms with E-state index in [4.69, 9.17) is 10.5 Å². The predicted octanol–water partition coefficient (Wildman–Crippen LogP) is 1.98. The van der Waals surface area contributed by atoms with Crippen LogP contribution in [0.4, 0.5) is 5.69 Å². The second kappa shape index (κ2) is 8.58. The van der Waals surface area contributed by atoms with Crippen molar-refractivity contribution in [1.82, 2.24) is 10.2 Å². The van der Waals surface area contributed by atoms with Gasteiger partial charge in [0.25, 0.3) is 0 Å². The van der Waals surface area contributed by atoms with Gasteiger partial charge in [0.05, 0.1) is 13.0 Å². The second-order valence-electron chi connectivity index (χ2n) is 6.81. The molecule has 142 valence electrons. The summed E-state index contributed by atoms with van der Waals surface area (Å²) in [6.45, 7) is 1.52. The molecule has 0 bridgehead atoms. The van der Waals surface area contributed by atoms with E-state index in [0.29, 0.717) is 19.6 Å². The molecular weight excluding hydrogens is 342 g/mol. The first-order valence-electron chi connectivity index (χ1n) is 9.08. The first-order chi connectivity index (χ1) is 13.0. The standard InChI is InChI=1S/C21H25N3O3/c1-27-19-8-4-16(5-9-19)13-24-14-17(12-20(24)25)21(26)23-11-10-15-2-6-18(22)7-3-15/h2-9,17H,10-14,22H2,1H3,(H,23,26). The monoisotopic (exact) mass is 367 g/mol. The SMILES string of the molecule is COc1ccc(CN2CC(C(=O)NCCc3ccc(N)cc3)CC2=O)cc1. The van der Waals surface area contributed by atoms with Crippen molar-refractivity contribution >= 4 is 17.5 Å². The Balaban J connectivity index is 1.47. The normalized spacial score (nSPS) is 16.4. The number of benzene rings is 2. The van der Waals surface area contributed by atoms with Crippen LogP contribution in [0.2, 0.25) is 0 Å². The number of carbonyl (C=O) groups is 2. The van der Waals surface area contributed by atoms with E-state index in [1.54, 1.807) is 12.0 Å². The third-order valence-electron chi connectivity index (χ3n) is 4.81. The molecule has 2 aromatic carbocycles. The minimum Gasteiger partial charge on any atom is -0.497 e. The predicted molar refractivity (Wildman–Crippen MR) is 104 cm³/mol. The van der Waals surface area contributed by atoms with Gasteiger partial charge in [0.15, 0.2) is 0 Å². The quantitative estimate of drug-likeness (QED) is 0.733. The summed E-state index contributed by atoms with van der Waals surface area (Å²) in [5.41, 5.74) is 8.54. The maximum Gasteiger partial charge on any atom is 0.225 e. The van der Waals surface area contributed by atoms with Gasteiger partial charge < -0.3 is 20.7 Å². The zero-order valence-electron chi connectivity index (χ0n) is 15.5. The van der Waals surface area contributed by atoms with Crippen LogP contribution >= 0.6 is 0 Å². The van der Waals surface area contributed by atoms with Crippen LogP contribution in [-0.4, -0.2) is 36.9 Å². The topological polar surface area (TPSA) is 84.7 Å². The highest BCUT2D eigenvalue weighted by atomic mass is 16.5. The molecule has 2 amide bonds. The Morgan fingerprint density at radius 1 is 1.15 bits per heavy atom. The Hall–Kier alpha value is -3.02. The van der Waals surface area contributed by atoms with Crippen molar-refractivity contribution in [3.05, 3.63) is 59.7 Å². The van der Waals surface area contributed by atoms with Crippen molar-refractivity contribution in [2.75, 3.05) is 25.9 Å². The second-order valence-corrected chi connectivity index (χ2v) is 6.81. The van der Waals surface area contributed by atoms with Gasteiger partial charge in [-0.2, -0.15) is 0 Å². The molecule has 3 N–H and O–H groups in total. The first-order valence-corrected chi connectivity index (χ1v) is 9.08. The number of nitrogens with one attached hydrogen (secondary N) is 1. The number of anilines is 1. The van der Waals surface area contributed by atoms with Crippen molar-refractivity contribution < 1.29 is 14.3 Å². The number of nitrogen functional groups attached to an aromatic ring is 1. The number of amides is 2. The average Bonchev–Trinajstić information content (AvgIpc) is 3.04. The molecule has 0 spiro atoms. The number of nitrogens with zero attached hydrogens (tertiary/aromatic N) is 1. The smallest absolute Gasteiger partial charge is 0.225 e. The molecule has 0 radical (unpaired) electrons. The summed E-state index contributed by atoms with van der Waals surface area (Å²) in [6, 6.07) is 15.2. The van der Waals surface area contributed by atoms with E-state index in [0.717, 1.165) is 29.0 Å². The van der Waals surface area contributed by atoms with Gasteiger partial charge in [-0.3, -0.25) is 9.59 Å².